The number of hydrogen-bond donors (Lipinski definition) is 1. The lowest BCUT2D eigenvalue weighted by Crippen LogP contribution is -1.99. The zero-order chi connectivity index (χ0) is 13.0. The lowest BCUT2D eigenvalue weighted by atomic mass is 10.2. The summed E-state index contributed by atoms with van der Waals surface area (Å²) in [4.78, 5) is 9.85. The van der Waals surface area contributed by atoms with E-state index in [2.05, 4.69) is 11.4 Å². The molecule has 0 saturated heterocycles. The van der Waals surface area contributed by atoms with E-state index in [1.165, 1.54) is 12.1 Å². The Morgan fingerprint density at radius 3 is 2.78 bits per heavy atom. The number of nitro groups is 1. The van der Waals surface area contributed by atoms with Crippen LogP contribution in [0.25, 0.3) is 0 Å². The number of nitrogens with one attached hydrogen (secondary N) is 1. The van der Waals surface area contributed by atoms with Gasteiger partial charge in [0.1, 0.15) is 16.8 Å². The van der Waals surface area contributed by atoms with Crippen molar-refractivity contribution in [1.29, 1.82) is 5.26 Å². The minimum absolute atomic E-state index is 0.284. The first-order chi connectivity index (χ1) is 8.70. The number of anilines is 1. The molecule has 1 N–H and O–H groups in total. The number of benzene rings is 1. The smallest absolute Gasteiger partial charge is 0.404 e. The highest BCUT2D eigenvalue weighted by Crippen LogP contribution is 2.18. The van der Waals surface area contributed by atoms with Gasteiger partial charge in [-0.2, -0.15) is 5.26 Å². The zero-order valence-corrected chi connectivity index (χ0v) is 9.29. The van der Waals surface area contributed by atoms with Gasteiger partial charge in [-0.25, -0.2) is 0 Å². The molecule has 0 bridgehead atoms. The Hall–Kier alpha value is -2.81. The molecule has 1 aromatic carbocycles. The summed E-state index contributed by atoms with van der Waals surface area (Å²) in [5.74, 6) is 0.148. The standard InChI is InChI=1S/C12H9N3O3/c13-7-9-3-1-2-4-11(9)14-8-10-5-6-12(18-10)15(16)17/h1-6,14H,8H2. The molecule has 0 aliphatic carbocycles. The summed E-state index contributed by atoms with van der Waals surface area (Å²) in [7, 11) is 0. The molecule has 0 aliphatic rings. The Labute approximate surface area is 103 Å². The van der Waals surface area contributed by atoms with E-state index in [1.54, 1.807) is 24.3 Å². The Bertz CT molecular complexity index is 613. The Kier molecular flexibility index (Phi) is 3.25. The monoisotopic (exact) mass is 243 g/mol. The van der Waals surface area contributed by atoms with Crippen LogP contribution in [0.4, 0.5) is 11.6 Å². The van der Waals surface area contributed by atoms with Crippen LogP contribution >= 0.6 is 0 Å². The fourth-order valence-electron chi connectivity index (χ4n) is 1.48. The normalized spacial score (nSPS) is 9.72. The van der Waals surface area contributed by atoms with Gasteiger partial charge in [0.25, 0.3) is 0 Å². The molecule has 0 fully saturated rings. The fourth-order valence-corrected chi connectivity index (χ4v) is 1.48. The van der Waals surface area contributed by atoms with Crippen molar-refractivity contribution in [3.05, 3.63) is 57.8 Å². The molecule has 18 heavy (non-hydrogen) atoms. The first-order valence-corrected chi connectivity index (χ1v) is 5.17. The molecular formula is C12H9N3O3. The number of nitriles is 1. The summed E-state index contributed by atoms with van der Waals surface area (Å²) in [6, 6.07) is 11.9. The molecule has 2 rings (SSSR count). The Morgan fingerprint density at radius 1 is 1.33 bits per heavy atom. The minimum atomic E-state index is -0.591. The number of hydrogen-bond acceptors (Lipinski definition) is 5. The van der Waals surface area contributed by atoms with E-state index in [4.69, 9.17) is 9.68 Å². The third kappa shape index (κ3) is 2.47. The van der Waals surface area contributed by atoms with Crippen LogP contribution < -0.4 is 5.32 Å². The highest BCUT2D eigenvalue weighted by atomic mass is 16.6. The van der Waals surface area contributed by atoms with Crippen molar-refractivity contribution in [2.45, 2.75) is 6.54 Å². The van der Waals surface area contributed by atoms with E-state index in [0.717, 1.165) is 0 Å². The molecule has 2 aromatic rings. The second kappa shape index (κ2) is 5.01. The molecule has 90 valence electrons. The molecule has 1 aromatic heterocycles. The number of nitrogens with zero attached hydrogens (tertiary/aromatic N) is 2. The van der Waals surface area contributed by atoms with Gasteiger partial charge in [-0.3, -0.25) is 10.1 Å². The van der Waals surface area contributed by atoms with E-state index >= 15 is 0 Å². The third-order valence-electron chi connectivity index (χ3n) is 2.33. The van der Waals surface area contributed by atoms with Gasteiger partial charge in [0, 0.05) is 0 Å². The zero-order valence-electron chi connectivity index (χ0n) is 9.29. The first kappa shape index (κ1) is 11.7. The predicted octanol–water partition coefficient (Wildman–Crippen LogP) is 2.67. The SMILES string of the molecule is N#Cc1ccccc1NCc1ccc([N+](=O)[O-])o1. The van der Waals surface area contributed by atoms with Crippen molar-refractivity contribution in [2.75, 3.05) is 5.32 Å². The van der Waals surface area contributed by atoms with Gasteiger partial charge in [-0.1, -0.05) is 12.1 Å². The van der Waals surface area contributed by atoms with Crippen molar-refractivity contribution in [1.82, 2.24) is 0 Å². The third-order valence-corrected chi connectivity index (χ3v) is 2.33. The largest absolute Gasteiger partial charge is 0.433 e. The Morgan fingerprint density at radius 2 is 2.11 bits per heavy atom. The van der Waals surface area contributed by atoms with Gasteiger partial charge >= 0.3 is 5.88 Å². The lowest BCUT2D eigenvalue weighted by molar-refractivity contribution is -0.402. The first-order valence-electron chi connectivity index (χ1n) is 5.17. The fraction of sp³-hybridized carbons (Fsp3) is 0.0833. The van der Waals surface area contributed by atoms with Crippen LogP contribution in [0.2, 0.25) is 0 Å². The van der Waals surface area contributed by atoms with Gasteiger partial charge in [0.05, 0.1) is 23.9 Å². The Balaban J connectivity index is 2.07. The molecule has 0 amide bonds. The maximum absolute atomic E-state index is 10.4. The van der Waals surface area contributed by atoms with Crippen LogP contribution in [0.3, 0.4) is 0 Å². The maximum atomic E-state index is 10.4. The molecule has 0 spiro atoms. The van der Waals surface area contributed by atoms with Crippen molar-refractivity contribution in [2.24, 2.45) is 0 Å². The topological polar surface area (TPSA) is 92.1 Å². The molecule has 0 atom stereocenters. The van der Waals surface area contributed by atoms with Crippen LogP contribution in [0, 0.1) is 21.4 Å². The molecule has 1 heterocycles. The summed E-state index contributed by atoms with van der Waals surface area (Å²) < 4.78 is 5.00. The predicted molar refractivity (Wildman–Crippen MR) is 63.8 cm³/mol. The average Bonchev–Trinajstić information content (AvgIpc) is 2.85. The van der Waals surface area contributed by atoms with Crippen molar-refractivity contribution in [3.63, 3.8) is 0 Å². The van der Waals surface area contributed by atoms with Gasteiger partial charge in [-0.05, 0) is 18.2 Å². The summed E-state index contributed by atoms with van der Waals surface area (Å²) in [6.07, 6.45) is 0. The van der Waals surface area contributed by atoms with E-state index < -0.39 is 4.92 Å². The number of rotatable bonds is 4. The molecule has 0 aliphatic heterocycles. The second-order valence-electron chi connectivity index (χ2n) is 3.51. The van der Waals surface area contributed by atoms with Crippen LogP contribution in [0.15, 0.2) is 40.8 Å². The van der Waals surface area contributed by atoms with Crippen LogP contribution in [-0.4, -0.2) is 4.92 Å². The summed E-state index contributed by atoms with van der Waals surface area (Å²) >= 11 is 0. The minimum Gasteiger partial charge on any atom is -0.404 e. The highest BCUT2D eigenvalue weighted by molar-refractivity contribution is 5.57. The maximum Gasteiger partial charge on any atom is 0.433 e. The second-order valence-corrected chi connectivity index (χ2v) is 3.51. The summed E-state index contributed by atoms with van der Waals surface area (Å²) in [5, 5.41) is 22.3. The van der Waals surface area contributed by atoms with Crippen molar-refractivity contribution >= 4 is 11.6 Å². The van der Waals surface area contributed by atoms with Crippen LogP contribution in [0.1, 0.15) is 11.3 Å². The molecule has 0 unspecified atom stereocenters. The molecule has 0 saturated carbocycles. The highest BCUT2D eigenvalue weighted by Gasteiger charge is 2.11. The van der Waals surface area contributed by atoms with E-state index in [0.29, 0.717) is 17.0 Å². The van der Waals surface area contributed by atoms with Crippen LogP contribution in [-0.2, 0) is 6.54 Å². The molecule has 6 heteroatoms. The van der Waals surface area contributed by atoms with Gasteiger partial charge in [-0.15, -0.1) is 0 Å². The van der Waals surface area contributed by atoms with Crippen LogP contribution in [0.5, 0.6) is 0 Å². The lowest BCUT2D eigenvalue weighted by Gasteiger charge is -2.05. The summed E-state index contributed by atoms with van der Waals surface area (Å²) in [6.45, 7) is 0.284. The van der Waals surface area contributed by atoms with Gasteiger partial charge in [0.15, 0.2) is 0 Å². The quantitative estimate of drug-likeness (QED) is 0.658. The average molecular weight is 243 g/mol. The molecule has 6 nitrogen and oxygen atoms in total. The van der Waals surface area contributed by atoms with E-state index in [9.17, 15) is 10.1 Å². The van der Waals surface area contributed by atoms with Crippen molar-refractivity contribution < 1.29 is 9.34 Å². The van der Waals surface area contributed by atoms with E-state index in [1.807, 2.05) is 0 Å². The number of furan rings is 1. The van der Waals surface area contributed by atoms with Gasteiger partial charge in [0.2, 0.25) is 0 Å². The summed E-state index contributed by atoms with van der Waals surface area (Å²) in [5.41, 5.74) is 1.18. The van der Waals surface area contributed by atoms with E-state index in [-0.39, 0.29) is 12.4 Å². The van der Waals surface area contributed by atoms with Crippen molar-refractivity contribution in [3.8, 4) is 6.07 Å². The number of para-hydroxylation sites is 1. The van der Waals surface area contributed by atoms with Gasteiger partial charge < -0.3 is 9.73 Å². The molecular weight excluding hydrogens is 234 g/mol. The molecule has 0 radical (unpaired) electrons.